The largest absolute Gasteiger partial charge is 0.748 e. The van der Waals surface area contributed by atoms with E-state index in [4.69, 9.17) is 0 Å². The molecule has 0 unspecified atom stereocenters. The van der Waals surface area contributed by atoms with Crippen molar-refractivity contribution in [1.82, 2.24) is 0 Å². The third-order valence-electron chi connectivity index (χ3n) is 3.21. The van der Waals surface area contributed by atoms with E-state index in [-0.39, 0.29) is 5.75 Å². The van der Waals surface area contributed by atoms with Crippen LogP contribution in [-0.2, 0) is 16.7 Å². The number of benzene rings is 1. The summed E-state index contributed by atoms with van der Waals surface area (Å²) in [5.41, 5.74) is 5.61. The van der Waals surface area contributed by atoms with Crippen molar-refractivity contribution in [3.8, 4) is 0 Å². The molecule has 0 amide bonds. The number of anilines is 1. The molecule has 0 aliphatic carbocycles. The maximum Gasteiger partial charge on any atom is 0.177 e. The number of aromatic nitrogens is 1. The predicted molar refractivity (Wildman–Crippen MR) is 88.1 cm³/mol. The molecule has 2 rings (SSSR count). The molecule has 0 atom stereocenters. The minimum absolute atomic E-state index is 0.290. The van der Waals surface area contributed by atoms with Gasteiger partial charge in [-0.3, -0.25) is 5.43 Å². The molecule has 122 valence electrons. The lowest BCUT2D eigenvalue weighted by atomic mass is 10.2. The summed E-state index contributed by atoms with van der Waals surface area (Å²) in [6, 6.07) is 13.4. The summed E-state index contributed by atoms with van der Waals surface area (Å²) in [5, 5.41) is 4.33. The molecule has 7 heteroatoms. The highest BCUT2D eigenvalue weighted by Crippen LogP contribution is 2.06. The van der Waals surface area contributed by atoms with Crippen molar-refractivity contribution in [3.63, 3.8) is 0 Å². The van der Waals surface area contributed by atoms with Crippen LogP contribution in [0.2, 0.25) is 0 Å². The van der Waals surface area contributed by atoms with Crippen molar-refractivity contribution >= 4 is 21.5 Å². The normalized spacial score (nSPS) is 12.2. The summed E-state index contributed by atoms with van der Waals surface area (Å²) >= 11 is 0. The van der Waals surface area contributed by atoms with Gasteiger partial charge in [0.2, 0.25) is 0 Å². The van der Waals surface area contributed by atoms with Gasteiger partial charge < -0.3 is 4.55 Å². The topological polar surface area (TPSA) is 85.5 Å². The van der Waals surface area contributed by atoms with Gasteiger partial charge in [0.25, 0.3) is 0 Å². The Morgan fingerprint density at radius 1 is 1.22 bits per heavy atom. The quantitative estimate of drug-likeness (QED) is 0.362. The fraction of sp³-hybridized carbons (Fsp3) is 0.250. The average molecular weight is 333 g/mol. The Hall–Kier alpha value is -2.25. The number of para-hydroxylation sites is 1. The molecule has 1 aromatic carbocycles. The van der Waals surface area contributed by atoms with E-state index >= 15 is 0 Å². The molecule has 23 heavy (non-hydrogen) atoms. The minimum atomic E-state index is -4.16. The zero-order valence-corrected chi connectivity index (χ0v) is 13.7. The van der Waals surface area contributed by atoms with Crippen LogP contribution in [0.15, 0.2) is 60.0 Å². The predicted octanol–water partition coefficient (Wildman–Crippen LogP) is 1.75. The number of hydrogen-bond donors (Lipinski definition) is 1. The first-order chi connectivity index (χ1) is 10.9. The van der Waals surface area contributed by atoms with Crippen LogP contribution in [0.1, 0.15) is 18.9 Å². The molecule has 6 nitrogen and oxygen atoms in total. The Bertz CT molecular complexity index is 774. The van der Waals surface area contributed by atoms with Crippen molar-refractivity contribution < 1.29 is 17.5 Å². The smallest absolute Gasteiger partial charge is 0.177 e. The standard InChI is InChI=1S/C16H19N3O3S/c1-14(17-18-16-8-3-2-4-9-16)15-7-5-10-19(13-15)11-6-12-23(20,21)22/h2-5,7-10,13,18H,6,11-12H2,1H3. The maximum absolute atomic E-state index is 10.6. The van der Waals surface area contributed by atoms with E-state index in [1.54, 1.807) is 0 Å². The lowest BCUT2D eigenvalue weighted by Gasteiger charge is -2.05. The van der Waals surface area contributed by atoms with Gasteiger partial charge >= 0.3 is 0 Å². The minimum Gasteiger partial charge on any atom is -0.748 e. The number of aryl methyl sites for hydroxylation is 1. The number of hydrazone groups is 1. The van der Waals surface area contributed by atoms with Gasteiger partial charge in [-0.2, -0.15) is 5.10 Å². The molecular weight excluding hydrogens is 314 g/mol. The second-order valence-electron chi connectivity index (χ2n) is 5.12. The summed E-state index contributed by atoms with van der Waals surface area (Å²) in [5.74, 6) is -0.354. The molecule has 0 spiro atoms. The third-order valence-corrected chi connectivity index (χ3v) is 4.00. The molecule has 1 aromatic heterocycles. The summed E-state index contributed by atoms with van der Waals surface area (Å²) in [4.78, 5) is 0. The van der Waals surface area contributed by atoms with Gasteiger partial charge in [0.15, 0.2) is 12.4 Å². The Kier molecular flexibility index (Phi) is 5.84. The SMILES string of the molecule is CC(=NNc1ccccc1)c1ccc[n+](CCCS(=O)(=O)[O-])c1. The molecule has 2 aromatic rings. The van der Waals surface area contributed by atoms with Crippen LogP contribution >= 0.6 is 0 Å². The van der Waals surface area contributed by atoms with Gasteiger partial charge in [-0.25, -0.2) is 13.0 Å². The van der Waals surface area contributed by atoms with E-state index in [1.165, 1.54) is 0 Å². The summed E-state index contributed by atoms with van der Waals surface area (Å²) in [6.07, 6.45) is 4.00. The maximum atomic E-state index is 10.6. The number of pyridine rings is 1. The molecule has 0 fully saturated rings. The highest BCUT2D eigenvalue weighted by Gasteiger charge is 2.06. The monoisotopic (exact) mass is 333 g/mol. The first-order valence-corrected chi connectivity index (χ1v) is 8.80. The number of hydrogen-bond acceptors (Lipinski definition) is 5. The molecule has 0 aliphatic heterocycles. The highest BCUT2D eigenvalue weighted by molar-refractivity contribution is 7.85. The number of nitrogens with one attached hydrogen (secondary N) is 1. The zero-order chi connectivity index (χ0) is 16.7. The molecule has 0 bridgehead atoms. The number of rotatable bonds is 7. The highest BCUT2D eigenvalue weighted by atomic mass is 32.2. The van der Waals surface area contributed by atoms with E-state index in [0.717, 1.165) is 17.0 Å². The second-order valence-corrected chi connectivity index (χ2v) is 6.64. The molecule has 0 radical (unpaired) electrons. The number of nitrogens with zero attached hydrogens (tertiary/aromatic N) is 2. The third kappa shape index (κ3) is 6.17. The van der Waals surface area contributed by atoms with Crippen LogP contribution in [0, 0.1) is 0 Å². The molecule has 0 saturated heterocycles. The average Bonchev–Trinajstić information content (AvgIpc) is 2.53. The Labute approximate surface area is 136 Å². The second kappa shape index (κ2) is 7.85. The van der Waals surface area contributed by atoms with Crippen molar-refractivity contribution in [2.45, 2.75) is 19.9 Å². The van der Waals surface area contributed by atoms with Gasteiger partial charge in [-0.05, 0) is 25.1 Å². The van der Waals surface area contributed by atoms with Gasteiger partial charge in [-0.15, -0.1) is 0 Å². The van der Waals surface area contributed by atoms with E-state index in [9.17, 15) is 13.0 Å². The lowest BCUT2D eigenvalue weighted by molar-refractivity contribution is -0.696. The van der Waals surface area contributed by atoms with Crippen LogP contribution in [0.4, 0.5) is 5.69 Å². The van der Waals surface area contributed by atoms with Crippen molar-refractivity contribution in [1.29, 1.82) is 0 Å². The van der Waals surface area contributed by atoms with Gasteiger partial charge in [0.05, 0.1) is 27.1 Å². The molecule has 1 N–H and O–H groups in total. The van der Waals surface area contributed by atoms with Crippen molar-refractivity contribution in [3.05, 3.63) is 60.4 Å². The van der Waals surface area contributed by atoms with Crippen LogP contribution in [0.3, 0.4) is 0 Å². The van der Waals surface area contributed by atoms with Crippen LogP contribution in [-0.4, -0.2) is 24.4 Å². The summed E-state index contributed by atoms with van der Waals surface area (Å²) < 4.78 is 33.7. The van der Waals surface area contributed by atoms with E-state index in [0.29, 0.717) is 13.0 Å². The van der Waals surface area contributed by atoms with E-state index in [1.807, 2.05) is 66.3 Å². The summed E-state index contributed by atoms with van der Waals surface area (Å²) in [7, 11) is -4.16. The first-order valence-electron chi connectivity index (χ1n) is 7.22. The van der Waals surface area contributed by atoms with Crippen molar-refractivity contribution in [2.24, 2.45) is 5.10 Å². The fourth-order valence-corrected chi connectivity index (χ4v) is 2.51. The molecule has 0 aliphatic rings. The van der Waals surface area contributed by atoms with E-state index < -0.39 is 10.1 Å². The molecular formula is C16H19N3O3S. The van der Waals surface area contributed by atoms with E-state index in [2.05, 4.69) is 10.5 Å². The lowest BCUT2D eigenvalue weighted by Crippen LogP contribution is -2.34. The zero-order valence-electron chi connectivity index (χ0n) is 12.8. The van der Waals surface area contributed by atoms with Crippen LogP contribution < -0.4 is 9.99 Å². The molecule has 1 heterocycles. The Morgan fingerprint density at radius 3 is 2.65 bits per heavy atom. The van der Waals surface area contributed by atoms with Gasteiger partial charge in [0.1, 0.15) is 6.54 Å². The van der Waals surface area contributed by atoms with Crippen LogP contribution in [0.25, 0.3) is 0 Å². The molecule has 0 saturated carbocycles. The fourth-order valence-electron chi connectivity index (χ4n) is 2.02. The Morgan fingerprint density at radius 2 is 1.96 bits per heavy atom. The van der Waals surface area contributed by atoms with Gasteiger partial charge in [-0.1, -0.05) is 18.2 Å². The Balaban J connectivity index is 2.00. The van der Waals surface area contributed by atoms with Gasteiger partial charge in [0, 0.05) is 18.2 Å². The summed E-state index contributed by atoms with van der Waals surface area (Å²) in [6.45, 7) is 2.35. The van der Waals surface area contributed by atoms with Crippen LogP contribution in [0.5, 0.6) is 0 Å². The van der Waals surface area contributed by atoms with Crippen molar-refractivity contribution in [2.75, 3.05) is 11.2 Å². The first kappa shape index (κ1) is 17.1.